The van der Waals surface area contributed by atoms with Crippen LogP contribution in [-0.2, 0) is 6.18 Å². The van der Waals surface area contributed by atoms with Crippen molar-refractivity contribution in [3.8, 4) is 0 Å². The molecule has 0 unspecified atom stereocenters. The maximum absolute atomic E-state index is 12.9. The van der Waals surface area contributed by atoms with Crippen molar-refractivity contribution in [2.24, 2.45) is 0 Å². The van der Waals surface area contributed by atoms with E-state index in [2.05, 4.69) is 10.3 Å². The average molecular weight is 276 g/mol. The molecule has 0 bridgehead atoms. The predicted octanol–water partition coefficient (Wildman–Crippen LogP) is 4.45. The Hall–Kier alpha value is -2.30. The third-order valence-electron chi connectivity index (χ3n) is 3.26. The molecule has 0 saturated heterocycles. The molecule has 0 aliphatic heterocycles. The van der Waals surface area contributed by atoms with Gasteiger partial charge in [0.1, 0.15) is 5.69 Å². The lowest BCUT2D eigenvalue weighted by molar-refractivity contribution is -0.140. The summed E-state index contributed by atoms with van der Waals surface area (Å²) in [7, 11) is 1.60. The largest absolute Gasteiger partial charge is 0.433 e. The van der Waals surface area contributed by atoms with Gasteiger partial charge in [-0.2, -0.15) is 13.2 Å². The summed E-state index contributed by atoms with van der Waals surface area (Å²) < 4.78 is 38.8. The molecule has 0 spiro atoms. The molecule has 1 N–H and O–H groups in total. The first kappa shape index (κ1) is 12.7. The van der Waals surface area contributed by atoms with E-state index < -0.39 is 11.9 Å². The number of halogens is 3. The highest BCUT2D eigenvalue weighted by atomic mass is 19.4. The van der Waals surface area contributed by atoms with E-state index in [-0.39, 0.29) is 0 Å². The van der Waals surface area contributed by atoms with Gasteiger partial charge in [-0.25, -0.2) is 4.98 Å². The Morgan fingerprint density at radius 2 is 1.75 bits per heavy atom. The lowest BCUT2D eigenvalue weighted by atomic mass is 10.0. The zero-order chi connectivity index (χ0) is 14.3. The number of rotatable bonds is 1. The molecule has 0 radical (unpaired) electrons. The highest BCUT2D eigenvalue weighted by molar-refractivity contribution is 6.09. The van der Waals surface area contributed by atoms with Gasteiger partial charge < -0.3 is 5.32 Å². The normalized spacial score (nSPS) is 12.0. The monoisotopic (exact) mass is 276 g/mol. The fourth-order valence-electron chi connectivity index (χ4n) is 2.31. The van der Waals surface area contributed by atoms with Crippen LogP contribution < -0.4 is 5.32 Å². The smallest absolute Gasteiger partial charge is 0.388 e. The zero-order valence-electron chi connectivity index (χ0n) is 10.6. The number of benzene rings is 2. The Kier molecular flexibility index (Phi) is 2.78. The van der Waals surface area contributed by atoms with Crippen LogP contribution in [0.2, 0.25) is 0 Å². The minimum Gasteiger partial charge on any atom is -0.388 e. The van der Waals surface area contributed by atoms with Gasteiger partial charge in [0.25, 0.3) is 0 Å². The number of nitrogens with one attached hydrogen (secondary N) is 1. The highest BCUT2D eigenvalue weighted by Gasteiger charge is 2.33. The molecule has 0 amide bonds. The molecule has 1 heterocycles. The zero-order valence-corrected chi connectivity index (χ0v) is 10.6. The summed E-state index contributed by atoms with van der Waals surface area (Å²) >= 11 is 0. The summed E-state index contributed by atoms with van der Waals surface area (Å²) in [6, 6.07) is 12.0. The van der Waals surface area contributed by atoms with Crippen molar-refractivity contribution < 1.29 is 13.2 Å². The van der Waals surface area contributed by atoms with Crippen molar-refractivity contribution in [2.75, 3.05) is 12.4 Å². The van der Waals surface area contributed by atoms with Crippen LogP contribution >= 0.6 is 0 Å². The molecule has 1 aromatic heterocycles. The molecule has 0 atom stereocenters. The molecule has 2 aromatic carbocycles. The molecular weight excluding hydrogens is 265 g/mol. The first-order chi connectivity index (χ1) is 9.50. The van der Waals surface area contributed by atoms with Gasteiger partial charge in [-0.15, -0.1) is 0 Å². The van der Waals surface area contributed by atoms with Crippen molar-refractivity contribution in [3.05, 3.63) is 48.2 Å². The molecule has 3 aromatic rings. The number of hydrogen-bond acceptors (Lipinski definition) is 2. The minimum atomic E-state index is -4.46. The summed E-state index contributed by atoms with van der Waals surface area (Å²) in [4.78, 5) is 3.82. The van der Waals surface area contributed by atoms with Crippen molar-refractivity contribution in [1.82, 2.24) is 4.98 Å². The van der Waals surface area contributed by atoms with Crippen LogP contribution in [0.3, 0.4) is 0 Å². The highest BCUT2D eigenvalue weighted by Crippen LogP contribution is 2.35. The summed E-state index contributed by atoms with van der Waals surface area (Å²) in [6.07, 6.45) is -4.46. The minimum absolute atomic E-state index is 0.363. The third kappa shape index (κ3) is 1.95. The Bertz CT molecular complexity index is 794. The van der Waals surface area contributed by atoms with E-state index in [1.807, 2.05) is 18.2 Å². The van der Waals surface area contributed by atoms with E-state index in [4.69, 9.17) is 0 Å². The van der Waals surface area contributed by atoms with Gasteiger partial charge in [0.05, 0.1) is 5.52 Å². The van der Waals surface area contributed by atoms with Crippen molar-refractivity contribution >= 4 is 27.4 Å². The maximum Gasteiger partial charge on any atom is 0.433 e. The summed E-state index contributed by atoms with van der Waals surface area (Å²) in [5.74, 6) is 0. The number of pyridine rings is 1. The molecule has 0 aliphatic carbocycles. The third-order valence-corrected chi connectivity index (χ3v) is 3.26. The van der Waals surface area contributed by atoms with Crippen LogP contribution in [0.1, 0.15) is 5.69 Å². The molecule has 5 heteroatoms. The Morgan fingerprint density at radius 3 is 2.45 bits per heavy atom. The fourth-order valence-corrected chi connectivity index (χ4v) is 2.31. The molecule has 3 rings (SSSR count). The van der Waals surface area contributed by atoms with E-state index in [1.165, 1.54) is 0 Å². The molecule has 20 heavy (non-hydrogen) atoms. The van der Waals surface area contributed by atoms with Crippen molar-refractivity contribution in [3.63, 3.8) is 0 Å². The maximum atomic E-state index is 12.9. The van der Waals surface area contributed by atoms with Crippen LogP contribution in [0.25, 0.3) is 21.7 Å². The van der Waals surface area contributed by atoms with Crippen LogP contribution in [0, 0.1) is 0 Å². The Labute approximate surface area is 113 Å². The molecule has 102 valence electrons. The van der Waals surface area contributed by atoms with Gasteiger partial charge in [0, 0.05) is 23.5 Å². The lowest BCUT2D eigenvalue weighted by Crippen LogP contribution is -2.09. The van der Waals surface area contributed by atoms with Gasteiger partial charge in [0.15, 0.2) is 0 Å². The molecular formula is C15H11F3N2. The predicted molar refractivity (Wildman–Crippen MR) is 73.8 cm³/mol. The fraction of sp³-hybridized carbons (Fsp3) is 0.133. The Balaban J connectivity index is 2.46. The number of aromatic nitrogens is 1. The van der Waals surface area contributed by atoms with Crippen molar-refractivity contribution in [2.45, 2.75) is 6.18 Å². The van der Waals surface area contributed by atoms with E-state index in [9.17, 15) is 13.2 Å². The summed E-state index contributed by atoms with van der Waals surface area (Å²) in [6.45, 7) is 0. The van der Waals surface area contributed by atoms with Crippen LogP contribution in [0.15, 0.2) is 42.5 Å². The number of fused-ring (bicyclic) bond motifs is 3. The molecule has 0 fully saturated rings. The number of nitrogens with zero attached hydrogens (tertiary/aromatic N) is 1. The van der Waals surface area contributed by atoms with Gasteiger partial charge in [0.2, 0.25) is 0 Å². The second-order valence-corrected chi connectivity index (χ2v) is 4.49. The van der Waals surface area contributed by atoms with Crippen LogP contribution in [0.5, 0.6) is 0 Å². The second kappa shape index (κ2) is 4.37. The lowest BCUT2D eigenvalue weighted by Gasteiger charge is -2.12. The standard InChI is InChI=1S/C15H11F3N2/c1-19-12-8-13(15(16,17)18)20-14-10-5-3-2-4-9(10)6-7-11(12)14/h2-8H,1H3,(H,19,20). The van der Waals surface area contributed by atoms with E-state index in [1.54, 1.807) is 25.2 Å². The SMILES string of the molecule is CNc1cc(C(F)(F)F)nc2c1ccc1ccccc12. The topological polar surface area (TPSA) is 24.9 Å². The molecule has 2 nitrogen and oxygen atoms in total. The van der Waals surface area contributed by atoms with Crippen LogP contribution in [0.4, 0.5) is 18.9 Å². The molecule has 0 saturated carbocycles. The molecule has 0 aliphatic rings. The Morgan fingerprint density at radius 1 is 1.00 bits per heavy atom. The second-order valence-electron chi connectivity index (χ2n) is 4.49. The quantitative estimate of drug-likeness (QED) is 0.664. The van der Waals surface area contributed by atoms with E-state index >= 15 is 0 Å². The van der Waals surface area contributed by atoms with E-state index in [0.717, 1.165) is 11.5 Å². The first-order valence-corrected chi connectivity index (χ1v) is 6.08. The first-order valence-electron chi connectivity index (χ1n) is 6.08. The van der Waals surface area contributed by atoms with Crippen LogP contribution in [-0.4, -0.2) is 12.0 Å². The van der Waals surface area contributed by atoms with Gasteiger partial charge >= 0.3 is 6.18 Å². The summed E-state index contributed by atoms with van der Waals surface area (Å²) in [5.41, 5.74) is -0.0962. The number of hydrogen-bond donors (Lipinski definition) is 1. The number of alkyl halides is 3. The van der Waals surface area contributed by atoms with E-state index in [0.29, 0.717) is 22.0 Å². The number of anilines is 1. The van der Waals surface area contributed by atoms with Crippen molar-refractivity contribution in [1.29, 1.82) is 0 Å². The van der Waals surface area contributed by atoms with Gasteiger partial charge in [-0.3, -0.25) is 0 Å². The van der Waals surface area contributed by atoms with Gasteiger partial charge in [-0.1, -0.05) is 36.4 Å². The average Bonchev–Trinajstić information content (AvgIpc) is 2.44. The summed E-state index contributed by atoms with van der Waals surface area (Å²) in [5, 5.41) is 5.07. The van der Waals surface area contributed by atoms with Gasteiger partial charge in [-0.05, 0) is 11.5 Å².